The summed E-state index contributed by atoms with van der Waals surface area (Å²) in [7, 11) is 0. The Labute approximate surface area is 82.9 Å². The molecule has 0 radical (unpaired) electrons. The van der Waals surface area contributed by atoms with Gasteiger partial charge in [-0.2, -0.15) is 11.8 Å². The number of hydrogen-bond donors (Lipinski definition) is 0. The van der Waals surface area contributed by atoms with Crippen molar-refractivity contribution in [3.8, 4) is 0 Å². The highest BCUT2D eigenvalue weighted by Crippen LogP contribution is 2.16. The molecule has 1 fully saturated rings. The lowest BCUT2D eigenvalue weighted by Crippen LogP contribution is -2.41. The summed E-state index contributed by atoms with van der Waals surface area (Å²) >= 11 is 1.78. The van der Waals surface area contributed by atoms with E-state index in [-0.39, 0.29) is 24.3 Å². The van der Waals surface area contributed by atoms with Crippen LogP contribution in [0.4, 0.5) is 0 Å². The first kappa shape index (κ1) is 10.6. The zero-order chi connectivity index (χ0) is 9.84. The van der Waals surface area contributed by atoms with E-state index in [2.05, 4.69) is 0 Å². The van der Waals surface area contributed by atoms with E-state index in [4.69, 9.17) is 0 Å². The predicted molar refractivity (Wildman–Crippen MR) is 53.8 cm³/mol. The van der Waals surface area contributed by atoms with Crippen molar-refractivity contribution >= 4 is 23.5 Å². The number of thioether (sulfide) groups is 1. The zero-order valence-corrected chi connectivity index (χ0v) is 8.89. The molecule has 1 aliphatic heterocycles. The van der Waals surface area contributed by atoms with Gasteiger partial charge in [0.15, 0.2) is 0 Å². The van der Waals surface area contributed by atoms with Crippen LogP contribution < -0.4 is 0 Å². The largest absolute Gasteiger partial charge is 0.332 e. The van der Waals surface area contributed by atoms with Gasteiger partial charge >= 0.3 is 0 Å². The summed E-state index contributed by atoms with van der Waals surface area (Å²) in [6.45, 7) is 3.80. The first-order valence-electron chi connectivity index (χ1n) is 4.48. The molecule has 0 aromatic heterocycles. The molecule has 13 heavy (non-hydrogen) atoms. The van der Waals surface area contributed by atoms with E-state index in [1.807, 2.05) is 6.92 Å². The van der Waals surface area contributed by atoms with Crippen molar-refractivity contribution in [3.63, 3.8) is 0 Å². The van der Waals surface area contributed by atoms with Crippen LogP contribution in [0.5, 0.6) is 0 Å². The van der Waals surface area contributed by atoms with Crippen molar-refractivity contribution in [2.45, 2.75) is 26.3 Å². The van der Waals surface area contributed by atoms with Crippen LogP contribution in [0, 0.1) is 0 Å². The lowest BCUT2D eigenvalue weighted by Gasteiger charge is -2.25. The van der Waals surface area contributed by atoms with E-state index < -0.39 is 0 Å². The number of carbonyl (C=O) groups is 2. The van der Waals surface area contributed by atoms with Crippen LogP contribution in [0.2, 0.25) is 0 Å². The minimum atomic E-state index is 0.0621. The fourth-order valence-corrected chi connectivity index (χ4v) is 2.38. The average Bonchev–Trinajstić information content (AvgIpc) is 2.18. The second kappa shape index (κ2) is 4.65. The summed E-state index contributed by atoms with van der Waals surface area (Å²) in [6.07, 6.45) is 0.572. The van der Waals surface area contributed by atoms with E-state index >= 15 is 0 Å². The van der Waals surface area contributed by atoms with Crippen molar-refractivity contribution in [2.24, 2.45) is 0 Å². The van der Waals surface area contributed by atoms with Gasteiger partial charge in [0, 0.05) is 24.0 Å². The zero-order valence-electron chi connectivity index (χ0n) is 8.08. The van der Waals surface area contributed by atoms with E-state index in [1.165, 1.54) is 6.92 Å². The van der Waals surface area contributed by atoms with Gasteiger partial charge in [-0.1, -0.05) is 0 Å². The molecule has 1 heterocycles. The molecule has 4 heteroatoms. The molecule has 1 atom stereocenters. The fourth-order valence-electron chi connectivity index (χ4n) is 1.38. The first-order chi connectivity index (χ1) is 6.11. The fraction of sp³-hybridized carbons (Fsp3) is 0.778. The van der Waals surface area contributed by atoms with E-state index in [1.54, 1.807) is 16.7 Å². The minimum absolute atomic E-state index is 0.0621. The summed E-state index contributed by atoms with van der Waals surface area (Å²) in [5.41, 5.74) is 0. The lowest BCUT2D eigenvalue weighted by atomic mass is 10.2. The monoisotopic (exact) mass is 201 g/mol. The molecule has 0 aliphatic carbocycles. The van der Waals surface area contributed by atoms with Gasteiger partial charge in [0.25, 0.3) is 0 Å². The number of rotatable bonds is 2. The molecule has 0 aromatic rings. The molecule has 0 saturated carbocycles. The van der Waals surface area contributed by atoms with Gasteiger partial charge in [-0.05, 0) is 13.8 Å². The number of ketones is 1. The SMILES string of the molecule is CC(=O)CN1C(=O)CCSCC1C. The molecule has 1 aliphatic rings. The van der Waals surface area contributed by atoms with Crippen LogP contribution in [0.15, 0.2) is 0 Å². The van der Waals surface area contributed by atoms with Gasteiger partial charge < -0.3 is 4.90 Å². The Morgan fingerprint density at radius 2 is 2.38 bits per heavy atom. The van der Waals surface area contributed by atoms with Gasteiger partial charge in [-0.3, -0.25) is 9.59 Å². The highest BCUT2D eigenvalue weighted by molar-refractivity contribution is 7.99. The number of Topliss-reactive ketones (excluding diaryl/α,β-unsaturated/α-hetero) is 1. The summed E-state index contributed by atoms with van der Waals surface area (Å²) in [4.78, 5) is 24.1. The Balaban J connectivity index is 2.63. The maximum atomic E-state index is 11.5. The van der Waals surface area contributed by atoms with Gasteiger partial charge in [0.2, 0.25) is 5.91 Å². The predicted octanol–water partition coefficient (Wildman–Crippen LogP) is 0.929. The highest BCUT2D eigenvalue weighted by Gasteiger charge is 2.23. The second-order valence-electron chi connectivity index (χ2n) is 3.40. The summed E-state index contributed by atoms with van der Waals surface area (Å²) in [6, 6.07) is 0.198. The number of nitrogens with zero attached hydrogens (tertiary/aromatic N) is 1. The van der Waals surface area contributed by atoms with Crippen LogP contribution in [0.25, 0.3) is 0 Å². The third-order valence-electron chi connectivity index (χ3n) is 2.06. The smallest absolute Gasteiger partial charge is 0.224 e. The second-order valence-corrected chi connectivity index (χ2v) is 4.55. The van der Waals surface area contributed by atoms with Crippen LogP contribution in [0.1, 0.15) is 20.3 Å². The Kier molecular flexibility index (Phi) is 3.78. The quantitative estimate of drug-likeness (QED) is 0.667. The maximum absolute atomic E-state index is 11.5. The molecule has 1 rings (SSSR count). The van der Waals surface area contributed by atoms with Crippen LogP contribution in [-0.4, -0.2) is 40.7 Å². The maximum Gasteiger partial charge on any atom is 0.224 e. The Hall–Kier alpha value is -0.510. The summed E-state index contributed by atoms with van der Waals surface area (Å²) in [5, 5.41) is 0. The normalized spacial score (nSPS) is 24.3. The third kappa shape index (κ3) is 3.03. The average molecular weight is 201 g/mol. The number of hydrogen-bond acceptors (Lipinski definition) is 3. The summed E-state index contributed by atoms with van der Waals surface area (Å²) < 4.78 is 0. The summed E-state index contributed by atoms with van der Waals surface area (Å²) in [5.74, 6) is 2.01. The molecule has 1 amide bonds. The standard InChI is InChI=1S/C9H15NO2S/c1-7-6-13-4-3-9(12)10(7)5-8(2)11/h7H,3-6H2,1-2H3. The molecule has 0 spiro atoms. The van der Waals surface area contributed by atoms with Gasteiger partial charge in [0.05, 0.1) is 6.54 Å². The number of carbonyl (C=O) groups excluding carboxylic acids is 2. The van der Waals surface area contributed by atoms with Gasteiger partial charge in [-0.15, -0.1) is 0 Å². The molecule has 0 N–H and O–H groups in total. The van der Waals surface area contributed by atoms with Crippen molar-refractivity contribution in [2.75, 3.05) is 18.1 Å². The molecular weight excluding hydrogens is 186 g/mol. The Bertz CT molecular complexity index is 218. The Morgan fingerprint density at radius 1 is 1.69 bits per heavy atom. The topological polar surface area (TPSA) is 37.4 Å². The van der Waals surface area contributed by atoms with Gasteiger partial charge in [-0.25, -0.2) is 0 Å². The Morgan fingerprint density at radius 3 is 3.00 bits per heavy atom. The van der Waals surface area contributed by atoms with Crippen LogP contribution in [0.3, 0.4) is 0 Å². The molecule has 3 nitrogen and oxygen atoms in total. The molecule has 0 bridgehead atoms. The lowest BCUT2D eigenvalue weighted by molar-refractivity contribution is -0.135. The van der Waals surface area contributed by atoms with Crippen molar-refractivity contribution in [1.29, 1.82) is 0 Å². The molecule has 1 saturated heterocycles. The van der Waals surface area contributed by atoms with Crippen LogP contribution >= 0.6 is 11.8 Å². The van der Waals surface area contributed by atoms with Crippen molar-refractivity contribution in [1.82, 2.24) is 4.90 Å². The molecule has 0 aromatic carbocycles. The number of amides is 1. The van der Waals surface area contributed by atoms with Crippen LogP contribution in [-0.2, 0) is 9.59 Å². The van der Waals surface area contributed by atoms with Crippen molar-refractivity contribution < 1.29 is 9.59 Å². The minimum Gasteiger partial charge on any atom is -0.332 e. The van der Waals surface area contributed by atoms with Crippen molar-refractivity contribution in [3.05, 3.63) is 0 Å². The van der Waals surface area contributed by atoms with E-state index in [9.17, 15) is 9.59 Å². The molecular formula is C9H15NO2S. The van der Waals surface area contributed by atoms with Gasteiger partial charge in [0.1, 0.15) is 5.78 Å². The van der Waals surface area contributed by atoms with E-state index in [0.717, 1.165) is 11.5 Å². The molecule has 74 valence electrons. The molecule has 1 unspecified atom stereocenters. The first-order valence-corrected chi connectivity index (χ1v) is 5.63. The van der Waals surface area contributed by atoms with E-state index in [0.29, 0.717) is 6.42 Å². The highest BCUT2D eigenvalue weighted by atomic mass is 32.2. The third-order valence-corrected chi connectivity index (χ3v) is 3.28.